The van der Waals surface area contributed by atoms with E-state index in [0.717, 1.165) is 4.90 Å². The zero-order valence-electron chi connectivity index (χ0n) is 17.6. The second-order valence-corrected chi connectivity index (χ2v) is 9.26. The van der Waals surface area contributed by atoms with Crippen LogP contribution in [0.15, 0.2) is 24.3 Å². The average molecular weight is 567 g/mol. The minimum absolute atomic E-state index is 0.105. The first kappa shape index (κ1) is 26.6. The molecule has 0 radical (unpaired) electrons. The molecule has 1 aliphatic rings. The predicted octanol–water partition coefficient (Wildman–Crippen LogP) is 6.29. The smallest absolute Gasteiger partial charge is 0.329 e. The van der Waals surface area contributed by atoms with Crippen molar-refractivity contribution in [2.24, 2.45) is 0 Å². The first-order chi connectivity index (χ1) is 16.1. The van der Waals surface area contributed by atoms with Crippen LogP contribution < -0.4 is 5.32 Å². The number of carbonyl (C=O) groups is 4. The molecule has 1 heterocycles. The van der Waals surface area contributed by atoms with Crippen LogP contribution in [0, 0.1) is 0 Å². The number of amides is 3. The summed E-state index contributed by atoms with van der Waals surface area (Å²) in [4.78, 5) is 52.1. The largest absolute Gasteiger partial charge is 0.454 e. The molecule has 1 atom stereocenters. The van der Waals surface area contributed by atoms with Crippen LogP contribution in [0.25, 0.3) is 0 Å². The average Bonchev–Trinajstić information content (AvgIpc) is 3.05. The summed E-state index contributed by atoms with van der Waals surface area (Å²) >= 11 is 30.3. The van der Waals surface area contributed by atoms with Gasteiger partial charge in [0.25, 0.3) is 17.7 Å². The lowest BCUT2D eigenvalue weighted by molar-refractivity contribution is -0.151. The van der Waals surface area contributed by atoms with E-state index < -0.39 is 36.3 Å². The molecule has 0 bridgehead atoms. The van der Waals surface area contributed by atoms with Gasteiger partial charge in [-0.3, -0.25) is 19.3 Å². The van der Waals surface area contributed by atoms with Crippen molar-refractivity contribution in [3.05, 3.63) is 60.5 Å². The van der Waals surface area contributed by atoms with E-state index in [2.05, 4.69) is 5.32 Å². The summed E-state index contributed by atoms with van der Waals surface area (Å²) in [5.74, 6) is -3.27. The predicted molar refractivity (Wildman–Crippen MR) is 131 cm³/mol. The number of halogens is 5. The number of unbranched alkanes of at least 4 members (excludes halogenated alkanes) is 1. The Labute approximate surface area is 220 Å². The van der Waals surface area contributed by atoms with Gasteiger partial charge in [-0.2, -0.15) is 0 Å². The van der Waals surface area contributed by atoms with Gasteiger partial charge in [0, 0.05) is 10.7 Å². The molecule has 2 aromatic rings. The summed E-state index contributed by atoms with van der Waals surface area (Å²) in [5, 5.41) is 2.11. The zero-order valence-corrected chi connectivity index (χ0v) is 21.4. The Bertz CT molecular complexity index is 1140. The fourth-order valence-corrected chi connectivity index (χ4v) is 4.60. The van der Waals surface area contributed by atoms with Gasteiger partial charge in [-0.15, -0.1) is 0 Å². The van der Waals surface area contributed by atoms with Crippen molar-refractivity contribution in [2.75, 3.05) is 11.9 Å². The molecule has 34 heavy (non-hydrogen) atoms. The molecule has 0 fully saturated rings. The van der Waals surface area contributed by atoms with Crippen molar-refractivity contribution in [2.45, 2.75) is 32.2 Å². The molecule has 0 saturated heterocycles. The summed E-state index contributed by atoms with van der Waals surface area (Å²) < 4.78 is 5.13. The van der Waals surface area contributed by atoms with E-state index in [1.165, 1.54) is 6.07 Å². The second kappa shape index (κ2) is 11.1. The highest BCUT2D eigenvalue weighted by Crippen LogP contribution is 2.45. The molecular weight excluding hydrogens is 550 g/mol. The Morgan fingerprint density at radius 1 is 0.971 bits per heavy atom. The Kier molecular flexibility index (Phi) is 8.71. The van der Waals surface area contributed by atoms with Crippen LogP contribution in [0.5, 0.6) is 0 Å². The zero-order chi connectivity index (χ0) is 25.2. The quantitative estimate of drug-likeness (QED) is 0.175. The van der Waals surface area contributed by atoms with Gasteiger partial charge in [0.2, 0.25) is 0 Å². The van der Waals surface area contributed by atoms with Crippen molar-refractivity contribution in [1.82, 2.24) is 4.90 Å². The third-order valence-electron chi connectivity index (χ3n) is 5.00. The SMILES string of the molecule is CCCC[C@@H](C(=O)OCC(=O)Nc1cccc(Cl)c1)N1C(=O)c2c(Cl)c(Cl)c(Cl)c(Cl)c2C1=O. The van der Waals surface area contributed by atoms with Crippen LogP contribution in [-0.4, -0.2) is 41.2 Å². The number of imide groups is 1. The third-order valence-corrected chi connectivity index (χ3v) is 7.04. The van der Waals surface area contributed by atoms with Crippen LogP contribution in [-0.2, 0) is 14.3 Å². The lowest BCUT2D eigenvalue weighted by Gasteiger charge is -2.24. The molecule has 1 N–H and O–H groups in total. The van der Waals surface area contributed by atoms with E-state index in [1.807, 2.05) is 6.92 Å². The van der Waals surface area contributed by atoms with Gasteiger partial charge >= 0.3 is 5.97 Å². The number of rotatable bonds is 8. The minimum Gasteiger partial charge on any atom is -0.454 e. The first-order valence-electron chi connectivity index (χ1n) is 10.0. The molecule has 0 unspecified atom stereocenters. The number of esters is 1. The lowest BCUT2D eigenvalue weighted by Crippen LogP contribution is -2.46. The maximum absolute atomic E-state index is 13.1. The van der Waals surface area contributed by atoms with Crippen molar-refractivity contribution in [3.8, 4) is 0 Å². The van der Waals surface area contributed by atoms with E-state index in [1.54, 1.807) is 18.2 Å². The van der Waals surface area contributed by atoms with Crippen LogP contribution in [0.4, 0.5) is 5.69 Å². The molecule has 1 aliphatic heterocycles. The summed E-state index contributed by atoms with van der Waals surface area (Å²) in [6.07, 6.45) is 1.26. The van der Waals surface area contributed by atoms with Crippen LogP contribution in [0.2, 0.25) is 25.1 Å². The maximum Gasteiger partial charge on any atom is 0.329 e. The molecule has 3 rings (SSSR count). The maximum atomic E-state index is 13.1. The van der Waals surface area contributed by atoms with E-state index in [9.17, 15) is 19.2 Å². The number of fused-ring (bicyclic) bond motifs is 1. The van der Waals surface area contributed by atoms with E-state index in [4.69, 9.17) is 62.7 Å². The normalized spacial score (nSPS) is 13.6. The molecule has 0 aliphatic carbocycles. The van der Waals surface area contributed by atoms with Crippen molar-refractivity contribution in [3.63, 3.8) is 0 Å². The summed E-state index contributed by atoms with van der Waals surface area (Å²) in [6, 6.07) is 5.10. The fraction of sp³-hybridized carbons (Fsp3) is 0.273. The van der Waals surface area contributed by atoms with E-state index in [0.29, 0.717) is 23.6 Å². The number of nitrogens with one attached hydrogen (secondary N) is 1. The topological polar surface area (TPSA) is 92.8 Å². The summed E-state index contributed by atoms with van der Waals surface area (Å²) in [5.41, 5.74) is -0.0624. The van der Waals surface area contributed by atoms with Gasteiger partial charge in [-0.1, -0.05) is 83.8 Å². The summed E-state index contributed by atoms with van der Waals surface area (Å²) in [7, 11) is 0. The number of carbonyl (C=O) groups excluding carboxylic acids is 4. The highest BCUT2D eigenvalue weighted by atomic mass is 35.5. The number of anilines is 1. The molecule has 0 spiro atoms. The highest BCUT2D eigenvalue weighted by Gasteiger charge is 2.47. The monoisotopic (exact) mass is 564 g/mol. The number of ether oxygens (including phenoxy) is 1. The van der Waals surface area contributed by atoms with Gasteiger partial charge in [0.1, 0.15) is 6.04 Å². The Balaban J connectivity index is 1.81. The van der Waals surface area contributed by atoms with Gasteiger partial charge in [0.15, 0.2) is 6.61 Å². The first-order valence-corrected chi connectivity index (χ1v) is 11.9. The van der Waals surface area contributed by atoms with Crippen molar-refractivity contribution >= 4 is 87.4 Å². The number of hydrogen-bond acceptors (Lipinski definition) is 5. The van der Waals surface area contributed by atoms with Crippen LogP contribution >= 0.6 is 58.0 Å². The van der Waals surface area contributed by atoms with Crippen molar-refractivity contribution in [1.29, 1.82) is 0 Å². The molecule has 0 aromatic heterocycles. The van der Waals surface area contributed by atoms with Gasteiger partial charge in [0.05, 0.1) is 31.2 Å². The third kappa shape index (κ3) is 5.29. The number of hydrogen-bond donors (Lipinski definition) is 1. The molecular formula is C22H17Cl5N2O5. The molecule has 0 saturated carbocycles. The standard InChI is InChI=1S/C22H17Cl5N2O5/c1-2-3-7-12(22(33)34-9-13(30)28-11-6-4-5-10(23)8-11)29-20(31)14-15(21(29)32)17(25)19(27)18(26)16(14)24/h4-6,8,12H,2-3,7,9H2,1H3,(H,28,30)/t12-/m0/s1. The van der Waals surface area contributed by atoms with E-state index in [-0.39, 0.29) is 37.6 Å². The molecule has 3 amide bonds. The van der Waals surface area contributed by atoms with Crippen molar-refractivity contribution < 1.29 is 23.9 Å². The Hall–Kier alpha value is -2.03. The second-order valence-electron chi connectivity index (χ2n) is 7.31. The lowest BCUT2D eigenvalue weighted by atomic mass is 10.1. The Morgan fingerprint density at radius 3 is 2.09 bits per heavy atom. The van der Waals surface area contributed by atoms with Gasteiger partial charge < -0.3 is 10.1 Å². The van der Waals surface area contributed by atoms with Gasteiger partial charge in [-0.25, -0.2) is 4.79 Å². The van der Waals surface area contributed by atoms with Crippen LogP contribution in [0.1, 0.15) is 46.9 Å². The van der Waals surface area contributed by atoms with E-state index >= 15 is 0 Å². The fourth-order valence-electron chi connectivity index (χ4n) is 3.40. The number of nitrogens with zero attached hydrogens (tertiary/aromatic N) is 1. The minimum atomic E-state index is -1.31. The number of benzene rings is 2. The van der Waals surface area contributed by atoms with Gasteiger partial charge in [-0.05, 0) is 24.6 Å². The molecule has 12 heteroatoms. The summed E-state index contributed by atoms with van der Waals surface area (Å²) in [6.45, 7) is 1.23. The molecule has 7 nitrogen and oxygen atoms in total. The van der Waals surface area contributed by atoms with Crippen LogP contribution in [0.3, 0.4) is 0 Å². The Morgan fingerprint density at radius 2 is 1.56 bits per heavy atom. The molecule has 2 aromatic carbocycles. The molecule has 180 valence electrons. The highest BCUT2D eigenvalue weighted by molar-refractivity contribution is 6.55.